The zero-order valence-corrected chi connectivity index (χ0v) is 15.8. The van der Waals surface area contributed by atoms with E-state index in [1.807, 2.05) is 30.3 Å². The Bertz CT molecular complexity index is 655. The number of halogens is 1. The number of carbonyl (C=O) groups is 1. The molecule has 2 aromatic carbocycles. The summed E-state index contributed by atoms with van der Waals surface area (Å²) in [6.45, 7) is 3.09. The second-order valence-corrected chi connectivity index (χ2v) is 6.50. The van der Waals surface area contributed by atoms with Crippen LogP contribution in [0.25, 0.3) is 0 Å². The van der Waals surface area contributed by atoms with Crippen LogP contribution in [0.3, 0.4) is 0 Å². The average molecular weight is 375 g/mol. The van der Waals surface area contributed by atoms with E-state index < -0.39 is 0 Å². The van der Waals surface area contributed by atoms with E-state index in [4.69, 9.17) is 4.74 Å². The van der Waals surface area contributed by atoms with Crippen molar-refractivity contribution in [3.8, 4) is 5.75 Å². The van der Waals surface area contributed by atoms with Crippen molar-refractivity contribution in [1.29, 1.82) is 0 Å². The molecule has 0 saturated carbocycles. The van der Waals surface area contributed by atoms with Gasteiger partial charge < -0.3 is 15.4 Å². The van der Waals surface area contributed by atoms with E-state index in [-0.39, 0.29) is 24.2 Å². The van der Waals surface area contributed by atoms with Crippen molar-refractivity contribution in [2.24, 2.45) is 5.92 Å². The number of ether oxygens (including phenoxy) is 1. The van der Waals surface area contributed by atoms with Gasteiger partial charge in [0.1, 0.15) is 12.4 Å². The highest BCUT2D eigenvalue weighted by Crippen LogP contribution is 2.15. The smallest absolute Gasteiger partial charge is 0.224 e. The molecule has 1 fully saturated rings. The summed E-state index contributed by atoms with van der Waals surface area (Å²) < 4.78 is 5.79. The van der Waals surface area contributed by atoms with Gasteiger partial charge in [0, 0.05) is 13.1 Å². The van der Waals surface area contributed by atoms with Crippen molar-refractivity contribution in [1.82, 2.24) is 10.6 Å². The standard InChI is InChI=1S/C21H26N2O2.ClH/c24-21(19-7-4-13-22-15-19)23-14-12-17-8-10-20(11-9-17)25-16-18-5-2-1-3-6-18;/h1-3,5-6,8-11,19,22H,4,7,12-16H2,(H,23,24);1H/t19-;/m1./s1. The van der Waals surface area contributed by atoms with Gasteiger partial charge in [0.05, 0.1) is 5.92 Å². The van der Waals surface area contributed by atoms with Crippen LogP contribution in [0.5, 0.6) is 5.75 Å². The van der Waals surface area contributed by atoms with Crippen LogP contribution >= 0.6 is 12.4 Å². The van der Waals surface area contributed by atoms with Crippen LogP contribution < -0.4 is 15.4 Å². The van der Waals surface area contributed by atoms with Gasteiger partial charge in [0.15, 0.2) is 0 Å². The third-order valence-corrected chi connectivity index (χ3v) is 4.55. The molecular formula is C21H27ClN2O2. The maximum Gasteiger partial charge on any atom is 0.224 e. The molecule has 0 aromatic heterocycles. The zero-order chi connectivity index (χ0) is 17.3. The largest absolute Gasteiger partial charge is 0.489 e. The first-order valence-electron chi connectivity index (χ1n) is 9.05. The molecule has 3 rings (SSSR count). The Balaban J connectivity index is 0.00000243. The minimum Gasteiger partial charge on any atom is -0.489 e. The van der Waals surface area contributed by atoms with Gasteiger partial charge in [-0.3, -0.25) is 4.79 Å². The lowest BCUT2D eigenvalue weighted by molar-refractivity contribution is -0.125. The fourth-order valence-corrected chi connectivity index (χ4v) is 3.04. The summed E-state index contributed by atoms with van der Waals surface area (Å²) in [5.41, 5.74) is 2.36. The second kappa shape index (κ2) is 10.8. The summed E-state index contributed by atoms with van der Waals surface area (Å²) in [5, 5.41) is 6.33. The van der Waals surface area contributed by atoms with Gasteiger partial charge in [-0.05, 0) is 49.1 Å². The molecule has 2 N–H and O–H groups in total. The molecule has 140 valence electrons. The molecule has 0 bridgehead atoms. The summed E-state index contributed by atoms with van der Waals surface area (Å²) in [7, 11) is 0. The van der Waals surface area contributed by atoms with Gasteiger partial charge in [-0.2, -0.15) is 0 Å². The molecule has 1 amide bonds. The Labute approximate surface area is 161 Å². The molecule has 1 atom stereocenters. The van der Waals surface area contributed by atoms with Gasteiger partial charge in [0.25, 0.3) is 0 Å². The SMILES string of the molecule is Cl.O=C(NCCc1ccc(OCc2ccccc2)cc1)[C@@H]1CCCNC1. The molecule has 1 aliphatic rings. The first-order chi connectivity index (χ1) is 12.3. The van der Waals surface area contributed by atoms with Crippen molar-refractivity contribution in [3.63, 3.8) is 0 Å². The number of benzene rings is 2. The van der Waals surface area contributed by atoms with Crippen LogP contribution in [0, 0.1) is 5.92 Å². The highest BCUT2D eigenvalue weighted by atomic mass is 35.5. The van der Waals surface area contributed by atoms with Gasteiger partial charge in [0.2, 0.25) is 5.91 Å². The number of hydrogen-bond acceptors (Lipinski definition) is 3. The predicted molar refractivity (Wildman–Crippen MR) is 107 cm³/mol. The Hall–Kier alpha value is -2.04. The number of carbonyl (C=O) groups excluding carboxylic acids is 1. The minimum absolute atomic E-state index is 0. The van der Waals surface area contributed by atoms with Crippen molar-refractivity contribution in [2.75, 3.05) is 19.6 Å². The van der Waals surface area contributed by atoms with Crippen LogP contribution in [0.4, 0.5) is 0 Å². The van der Waals surface area contributed by atoms with E-state index in [1.54, 1.807) is 0 Å². The fourth-order valence-electron chi connectivity index (χ4n) is 3.04. The quantitative estimate of drug-likeness (QED) is 0.781. The number of piperidine rings is 1. The molecule has 0 unspecified atom stereocenters. The monoisotopic (exact) mass is 374 g/mol. The molecule has 1 saturated heterocycles. The number of rotatable bonds is 7. The number of nitrogens with one attached hydrogen (secondary N) is 2. The molecule has 0 spiro atoms. The molecule has 0 aliphatic carbocycles. The van der Waals surface area contributed by atoms with E-state index >= 15 is 0 Å². The fraction of sp³-hybridized carbons (Fsp3) is 0.381. The second-order valence-electron chi connectivity index (χ2n) is 6.50. The maximum atomic E-state index is 12.1. The molecule has 1 aliphatic heterocycles. The Kier molecular flexibility index (Phi) is 8.45. The molecule has 5 heteroatoms. The lowest BCUT2D eigenvalue weighted by atomic mass is 9.99. The summed E-state index contributed by atoms with van der Waals surface area (Å²) in [4.78, 5) is 12.1. The van der Waals surface area contributed by atoms with Crippen LogP contribution in [0.2, 0.25) is 0 Å². The Morgan fingerprint density at radius 1 is 1.08 bits per heavy atom. The normalized spacial score (nSPS) is 16.4. The molecule has 1 heterocycles. The Morgan fingerprint density at radius 3 is 2.54 bits per heavy atom. The van der Waals surface area contributed by atoms with Crippen molar-refractivity contribution in [2.45, 2.75) is 25.9 Å². The number of hydrogen-bond donors (Lipinski definition) is 2. The van der Waals surface area contributed by atoms with E-state index in [2.05, 4.69) is 34.9 Å². The van der Waals surface area contributed by atoms with Gasteiger partial charge in [-0.1, -0.05) is 42.5 Å². The zero-order valence-electron chi connectivity index (χ0n) is 14.9. The highest BCUT2D eigenvalue weighted by Gasteiger charge is 2.20. The van der Waals surface area contributed by atoms with E-state index in [9.17, 15) is 4.79 Å². The summed E-state index contributed by atoms with van der Waals surface area (Å²) in [6.07, 6.45) is 2.92. The first-order valence-corrected chi connectivity index (χ1v) is 9.05. The third-order valence-electron chi connectivity index (χ3n) is 4.55. The summed E-state index contributed by atoms with van der Waals surface area (Å²) in [6, 6.07) is 18.2. The molecule has 26 heavy (non-hydrogen) atoms. The lowest BCUT2D eigenvalue weighted by Gasteiger charge is -2.21. The van der Waals surface area contributed by atoms with Gasteiger partial charge >= 0.3 is 0 Å². The van der Waals surface area contributed by atoms with Gasteiger partial charge in [-0.25, -0.2) is 0 Å². The molecule has 4 nitrogen and oxygen atoms in total. The first kappa shape index (κ1) is 20.3. The minimum atomic E-state index is 0. The van der Waals surface area contributed by atoms with E-state index in [0.29, 0.717) is 13.2 Å². The third kappa shape index (κ3) is 6.36. The van der Waals surface area contributed by atoms with Crippen molar-refractivity contribution < 1.29 is 9.53 Å². The van der Waals surface area contributed by atoms with E-state index in [1.165, 1.54) is 5.56 Å². The summed E-state index contributed by atoms with van der Waals surface area (Å²) >= 11 is 0. The Morgan fingerprint density at radius 2 is 1.85 bits per heavy atom. The van der Waals surface area contributed by atoms with Crippen LogP contribution in [-0.2, 0) is 17.8 Å². The topological polar surface area (TPSA) is 50.4 Å². The molecular weight excluding hydrogens is 348 g/mol. The van der Waals surface area contributed by atoms with Crippen molar-refractivity contribution >= 4 is 18.3 Å². The van der Waals surface area contributed by atoms with Crippen LogP contribution in [0.15, 0.2) is 54.6 Å². The number of amides is 1. The average Bonchev–Trinajstić information content (AvgIpc) is 2.69. The predicted octanol–water partition coefficient (Wildman–Crippen LogP) is 3.35. The van der Waals surface area contributed by atoms with Crippen molar-refractivity contribution in [3.05, 3.63) is 65.7 Å². The van der Waals surface area contributed by atoms with Crippen LogP contribution in [-0.4, -0.2) is 25.5 Å². The van der Waals surface area contributed by atoms with Gasteiger partial charge in [-0.15, -0.1) is 12.4 Å². The maximum absolute atomic E-state index is 12.1. The summed E-state index contributed by atoms with van der Waals surface area (Å²) in [5.74, 6) is 1.17. The molecule has 0 radical (unpaired) electrons. The molecule has 2 aromatic rings. The van der Waals surface area contributed by atoms with Crippen LogP contribution in [0.1, 0.15) is 24.0 Å². The highest BCUT2D eigenvalue weighted by molar-refractivity contribution is 5.85. The lowest BCUT2D eigenvalue weighted by Crippen LogP contribution is -2.41. The van der Waals surface area contributed by atoms with E-state index in [0.717, 1.165) is 43.7 Å².